The number of rotatable bonds is 7. The SMILES string of the molecule is NCc1cc2c(C(N)=O)cccc2n1-c1ncc(B(O)O)c(NCc2ccccc2)n1. The number of hydrogen-bond acceptors (Lipinski definition) is 7. The van der Waals surface area contributed by atoms with Crippen molar-refractivity contribution < 1.29 is 14.8 Å². The van der Waals surface area contributed by atoms with Gasteiger partial charge in [-0.05, 0) is 23.8 Å². The standard InChI is InChI=1S/C21H21BN6O3/c23-10-14-9-16-15(19(24)29)7-4-8-18(16)28(14)21-26-12-17(22(30)31)20(27-21)25-11-13-5-2-1-3-6-13/h1-9,12,30-31H,10-11,23H2,(H2,24,29)(H,25,26,27). The highest BCUT2D eigenvalue weighted by molar-refractivity contribution is 6.60. The lowest BCUT2D eigenvalue weighted by Crippen LogP contribution is -2.34. The second-order valence-corrected chi connectivity index (χ2v) is 6.96. The number of benzene rings is 2. The van der Waals surface area contributed by atoms with Crippen molar-refractivity contribution in [2.45, 2.75) is 13.1 Å². The Bertz CT molecular complexity index is 1240. The average Bonchev–Trinajstić information content (AvgIpc) is 3.16. The Kier molecular flexibility index (Phi) is 5.67. The molecule has 0 saturated heterocycles. The highest BCUT2D eigenvalue weighted by Gasteiger charge is 2.21. The van der Waals surface area contributed by atoms with Gasteiger partial charge in [0.1, 0.15) is 5.82 Å². The maximum atomic E-state index is 11.8. The van der Waals surface area contributed by atoms with Gasteiger partial charge >= 0.3 is 7.12 Å². The Morgan fingerprint density at radius 1 is 1.13 bits per heavy atom. The van der Waals surface area contributed by atoms with E-state index in [1.54, 1.807) is 22.8 Å². The number of primary amides is 1. The molecular weight excluding hydrogens is 395 g/mol. The first-order valence-corrected chi connectivity index (χ1v) is 9.64. The molecule has 4 aromatic rings. The number of anilines is 1. The molecule has 31 heavy (non-hydrogen) atoms. The fraction of sp³-hybridized carbons (Fsp3) is 0.0952. The van der Waals surface area contributed by atoms with Gasteiger partial charge < -0.3 is 26.8 Å². The quantitative estimate of drug-likeness (QED) is 0.271. The van der Waals surface area contributed by atoms with Crippen LogP contribution in [0.25, 0.3) is 16.9 Å². The monoisotopic (exact) mass is 416 g/mol. The Hall–Kier alpha value is -3.73. The van der Waals surface area contributed by atoms with Gasteiger partial charge in [0.2, 0.25) is 11.9 Å². The first kappa shape index (κ1) is 20.5. The first-order chi connectivity index (χ1) is 15.0. The summed E-state index contributed by atoms with van der Waals surface area (Å²) in [6, 6.07) is 16.6. The minimum absolute atomic E-state index is 0.142. The molecule has 0 unspecified atom stereocenters. The zero-order chi connectivity index (χ0) is 22.0. The molecule has 10 heteroatoms. The predicted molar refractivity (Wildman–Crippen MR) is 119 cm³/mol. The van der Waals surface area contributed by atoms with E-state index in [4.69, 9.17) is 11.5 Å². The van der Waals surface area contributed by atoms with E-state index < -0.39 is 13.0 Å². The lowest BCUT2D eigenvalue weighted by molar-refractivity contribution is 0.100. The van der Waals surface area contributed by atoms with Crippen molar-refractivity contribution in [1.29, 1.82) is 0 Å². The molecule has 0 aliphatic heterocycles. The van der Waals surface area contributed by atoms with Gasteiger partial charge in [-0.1, -0.05) is 36.4 Å². The lowest BCUT2D eigenvalue weighted by Gasteiger charge is -2.14. The molecule has 0 bridgehead atoms. The van der Waals surface area contributed by atoms with Crippen LogP contribution >= 0.6 is 0 Å². The first-order valence-electron chi connectivity index (χ1n) is 9.64. The Morgan fingerprint density at radius 2 is 1.90 bits per heavy atom. The van der Waals surface area contributed by atoms with E-state index in [1.807, 2.05) is 36.4 Å². The van der Waals surface area contributed by atoms with Crippen LogP contribution in [0.1, 0.15) is 21.6 Å². The van der Waals surface area contributed by atoms with Crippen molar-refractivity contribution in [3.8, 4) is 5.95 Å². The van der Waals surface area contributed by atoms with Gasteiger partial charge in [-0.3, -0.25) is 9.36 Å². The van der Waals surface area contributed by atoms with Crippen molar-refractivity contribution in [2.24, 2.45) is 11.5 Å². The van der Waals surface area contributed by atoms with E-state index in [9.17, 15) is 14.8 Å². The maximum absolute atomic E-state index is 11.8. The number of carbonyl (C=O) groups is 1. The molecule has 0 aliphatic carbocycles. The van der Waals surface area contributed by atoms with Crippen LogP contribution in [-0.4, -0.2) is 37.6 Å². The van der Waals surface area contributed by atoms with Crippen LogP contribution in [0.4, 0.5) is 5.82 Å². The number of hydrogen-bond donors (Lipinski definition) is 5. The minimum atomic E-state index is -1.75. The Balaban J connectivity index is 1.82. The average molecular weight is 416 g/mol. The molecule has 0 fully saturated rings. The Morgan fingerprint density at radius 3 is 2.58 bits per heavy atom. The summed E-state index contributed by atoms with van der Waals surface area (Å²) >= 11 is 0. The highest BCUT2D eigenvalue weighted by atomic mass is 16.4. The molecule has 9 nitrogen and oxygen atoms in total. The third-order valence-corrected chi connectivity index (χ3v) is 4.98. The third-order valence-electron chi connectivity index (χ3n) is 4.98. The van der Waals surface area contributed by atoms with Crippen molar-refractivity contribution in [2.75, 3.05) is 5.32 Å². The molecule has 2 heterocycles. The number of nitrogens with zero attached hydrogens (tertiary/aromatic N) is 3. The predicted octanol–water partition coefficient (Wildman–Crippen LogP) is 0.270. The molecule has 0 spiro atoms. The van der Waals surface area contributed by atoms with E-state index in [-0.39, 0.29) is 23.8 Å². The van der Waals surface area contributed by atoms with E-state index >= 15 is 0 Å². The van der Waals surface area contributed by atoms with Gasteiger partial charge in [0, 0.05) is 41.4 Å². The van der Waals surface area contributed by atoms with Gasteiger partial charge in [0.25, 0.3) is 0 Å². The molecule has 0 radical (unpaired) electrons. The van der Waals surface area contributed by atoms with E-state index in [0.717, 1.165) is 5.56 Å². The zero-order valence-corrected chi connectivity index (χ0v) is 16.6. The third kappa shape index (κ3) is 3.99. The highest BCUT2D eigenvalue weighted by Crippen LogP contribution is 2.26. The lowest BCUT2D eigenvalue weighted by atomic mass is 9.81. The fourth-order valence-electron chi connectivity index (χ4n) is 3.49. The van der Waals surface area contributed by atoms with Gasteiger partial charge in [0.05, 0.1) is 5.52 Å². The van der Waals surface area contributed by atoms with Crippen molar-refractivity contribution in [1.82, 2.24) is 14.5 Å². The van der Waals surface area contributed by atoms with Gasteiger partial charge in [-0.2, -0.15) is 4.98 Å². The zero-order valence-electron chi connectivity index (χ0n) is 16.6. The summed E-state index contributed by atoms with van der Waals surface area (Å²) in [6.45, 7) is 0.604. The molecule has 2 aromatic carbocycles. The van der Waals surface area contributed by atoms with Crippen LogP contribution < -0.4 is 22.2 Å². The number of carbonyl (C=O) groups excluding carboxylic acids is 1. The molecule has 0 saturated carbocycles. The molecule has 4 rings (SSSR count). The second kappa shape index (κ2) is 8.56. The van der Waals surface area contributed by atoms with Crippen LogP contribution in [0.15, 0.2) is 60.8 Å². The van der Waals surface area contributed by atoms with Crippen LogP contribution in [-0.2, 0) is 13.1 Å². The summed E-state index contributed by atoms with van der Waals surface area (Å²) in [6.07, 6.45) is 1.35. The van der Waals surface area contributed by atoms with Crippen molar-refractivity contribution in [3.05, 3.63) is 77.6 Å². The van der Waals surface area contributed by atoms with Crippen LogP contribution in [0, 0.1) is 0 Å². The molecule has 0 atom stereocenters. The number of fused-ring (bicyclic) bond motifs is 1. The maximum Gasteiger partial charge on any atom is 0.493 e. The molecular formula is C21H21BN6O3. The molecule has 7 N–H and O–H groups in total. The van der Waals surface area contributed by atoms with E-state index in [1.165, 1.54) is 6.20 Å². The summed E-state index contributed by atoms with van der Waals surface area (Å²) in [5, 5.41) is 23.3. The van der Waals surface area contributed by atoms with E-state index in [2.05, 4.69) is 15.3 Å². The number of amides is 1. The number of aromatic nitrogens is 3. The normalized spacial score (nSPS) is 10.9. The summed E-state index contributed by atoms with van der Waals surface area (Å²) in [7, 11) is -1.75. The minimum Gasteiger partial charge on any atom is -0.423 e. The second-order valence-electron chi connectivity index (χ2n) is 6.96. The van der Waals surface area contributed by atoms with Crippen LogP contribution in [0.5, 0.6) is 0 Å². The van der Waals surface area contributed by atoms with Gasteiger partial charge in [0.15, 0.2) is 0 Å². The molecule has 1 amide bonds. The van der Waals surface area contributed by atoms with Crippen molar-refractivity contribution >= 4 is 35.2 Å². The number of nitrogens with two attached hydrogens (primary N) is 2. The molecule has 156 valence electrons. The number of nitrogens with one attached hydrogen (secondary N) is 1. The topological polar surface area (TPSA) is 152 Å². The summed E-state index contributed by atoms with van der Waals surface area (Å²) in [4.78, 5) is 20.7. The summed E-state index contributed by atoms with van der Waals surface area (Å²) < 4.78 is 1.73. The summed E-state index contributed by atoms with van der Waals surface area (Å²) in [5.74, 6) is 0.00738. The van der Waals surface area contributed by atoms with Crippen LogP contribution in [0.3, 0.4) is 0 Å². The van der Waals surface area contributed by atoms with Crippen molar-refractivity contribution in [3.63, 3.8) is 0 Å². The largest absolute Gasteiger partial charge is 0.493 e. The fourth-order valence-corrected chi connectivity index (χ4v) is 3.49. The van der Waals surface area contributed by atoms with Gasteiger partial charge in [-0.15, -0.1) is 0 Å². The Labute approximate surface area is 178 Å². The van der Waals surface area contributed by atoms with Crippen LogP contribution in [0.2, 0.25) is 0 Å². The molecule has 0 aliphatic rings. The smallest absolute Gasteiger partial charge is 0.423 e. The molecule has 2 aromatic heterocycles. The summed E-state index contributed by atoms with van der Waals surface area (Å²) in [5.41, 5.74) is 14.3. The van der Waals surface area contributed by atoms with E-state index in [0.29, 0.717) is 28.7 Å². The van der Waals surface area contributed by atoms with Gasteiger partial charge in [-0.25, -0.2) is 4.98 Å².